The van der Waals surface area contributed by atoms with Crippen LogP contribution in [0.25, 0.3) is 17.2 Å². The van der Waals surface area contributed by atoms with Crippen LogP contribution in [0.1, 0.15) is 56.6 Å². The number of rotatable bonds is 6. The summed E-state index contributed by atoms with van der Waals surface area (Å²) in [5.74, 6) is -1.20. The Labute approximate surface area is 183 Å². The zero-order valence-corrected chi connectivity index (χ0v) is 18.2. The molecule has 1 saturated carbocycles. The van der Waals surface area contributed by atoms with Gasteiger partial charge in [-0.2, -0.15) is 0 Å². The van der Waals surface area contributed by atoms with Gasteiger partial charge >= 0.3 is 0 Å². The third-order valence-corrected chi connectivity index (χ3v) is 5.95. The summed E-state index contributed by atoms with van der Waals surface area (Å²) >= 11 is 0. The van der Waals surface area contributed by atoms with E-state index in [1.54, 1.807) is 55.5 Å². The molecule has 0 atom stereocenters. The molecule has 1 fully saturated rings. The summed E-state index contributed by atoms with van der Waals surface area (Å²) in [6, 6.07) is 10.5. The molecule has 0 N–H and O–H groups in total. The number of benzene rings is 2. The fourth-order valence-electron chi connectivity index (χ4n) is 4.03. The van der Waals surface area contributed by atoms with E-state index in [0.717, 1.165) is 31.2 Å². The molecular weight excluding hydrogens is 393 g/mol. The first-order valence-electron chi connectivity index (χ1n) is 10.7. The van der Waals surface area contributed by atoms with E-state index in [4.69, 9.17) is 0 Å². The molecule has 0 heterocycles. The lowest BCUT2D eigenvalue weighted by atomic mass is 9.79. The third-order valence-electron chi connectivity index (χ3n) is 5.95. The normalized spacial score (nSPS) is 19.6. The van der Waals surface area contributed by atoms with Crippen LogP contribution in [0.15, 0.2) is 78.7 Å². The van der Waals surface area contributed by atoms with Gasteiger partial charge in [-0.1, -0.05) is 87.0 Å². The van der Waals surface area contributed by atoms with Crippen LogP contribution in [0, 0.1) is 17.6 Å². The molecule has 3 heteroatoms. The van der Waals surface area contributed by atoms with Crippen molar-refractivity contribution in [1.29, 1.82) is 0 Å². The standard InChI is InChI=1S/C28H29F3/c1-18(2)17-26(29)20(4)7-8-21-9-13-23(14-10-21)25-16-15-24(27(30)28(25)31)22-11-5-19(3)6-12-22/h7-10,13-17,19,22H,1,4-6,11-12H2,2-3H3/b8-7+,26-17+. The van der Waals surface area contributed by atoms with E-state index < -0.39 is 17.5 Å². The van der Waals surface area contributed by atoms with E-state index in [0.29, 0.717) is 22.6 Å². The van der Waals surface area contributed by atoms with Gasteiger partial charge in [-0.05, 0) is 54.4 Å². The molecule has 1 aliphatic rings. The highest BCUT2D eigenvalue weighted by molar-refractivity contribution is 5.67. The average molecular weight is 423 g/mol. The van der Waals surface area contributed by atoms with Crippen molar-refractivity contribution in [2.24, 2.45) is 5.92 Å². The molecule has 2 aromatic carbocycles. The molecule has 0 bridgehead atoms. The van der Waals surface area contributed by atoms with Crippen molar-refractivity contribution in [2.75, 3.05) is 0 Å². The van der Waals surface area contributed by atoms with Crippen molar-refractivity contribution in [3.05, 3.63) is 101 Å². The Morgan fingerprint density at radius 1 is 0.935 bits per heavy atom. The van der Waals surface area contributed by atoms with Crippen LogP contribution < -0.4 is 0 Å². The first-order chi connectivity index (χ1) is 14.8. The van der Waals surface area contributed by atoms with Crippen LogP contribution in [0.5, 0.6) is 0 Å². The van der Waals surface area contributed by atoms with E-state index in [9.17, 15) is 13.2 Å². The second-order valence-electron chi connectivity index (χ2n) is 8.61. The van der Waals surface area contributed by atoms with Crippen LogP contribution in [0.3, 0.4) is 0 Å². The van der Waals surface area contributed by atoms with Gasteiger partial charge < -0.3 is 0 Å². The van der Waals surface area contributed by atoms with E-state index in [1.165, 1.54) is 6.08 Å². The lowest BCUT2D eigenvalue weighted by molar-refractivity contribution is 0.339. The largest absolute Gasteiger partial charge is 0.206 e. The molecule has 1 aliphatic carbocycles. The maximum absolute atomic E-state index is 14.9. The highest BCUT2D eigenvalue weighted by Crippen LogP contribution is 2.38. The van der Waals surface area contributed by atoms with Crippen LogP contribution in [-0.2, 0) is 0 Å². The lowest BCUT2D eigenvalue weighted by Crippen LogP contribution is -2.13. The quantitative estimate of drug-likeness (QED) is 0.408. The van der Waals surface area contributed by atoms with Crippen molar-refractivity contribution in [3.8, 4) is 11.1 Å². The van der Waals surface area contributed by atoms with Gasteiger partial charge in [-0.3, -0.25) is 0 Å². The molecular formula is C28H29F3. The second-order valence-corrected chi connectivity index (χ2v) is 8.61. The maximum atomic E-state index is 14.9. The zero-order chi connectivity index (χ0) is 22.5. The Morgan fingerprint density at radius 3 is 2.19 bits per heavy atom. The Balaban J connectivity index is 1.76. The van der Waals surface area contributed by atoms with Gasteiger partial charge in [-0.15, -0.1) is 0 Å². The van der Waals surface area contributed by atoms with Crippen molar-refractivity contribution in [3.63, 3.8) is 0 Å². The summed E-state index contributed by atoms with van der Waals surface area (Å²) in [6.07, 6.45) is 8.55. The molecule has 0 saturated heterocycles. The van der Waals surface area contributed by atoms with Gasteiger partial charge in [0.2, 0.25) is 0 Å². The van der Waals surface area contributed by atoms with Crippen LogP contribution in [0.4, 0.5) is 13.2 Å². The SMILES string of the molecule is C=C(C)/C=C(/F)C(=C)/C=C/c1ccc(-c2ccc(C3CCC(C)CC3)c(F)c2F)cc1. The van der Waals surface area contributed by atoms with E-state index in [-0.39, 0.29) is 17.1 Å². The Hall–Kier alpha value is -2.81. The summed E-state index contributed by atoms with van der Waals surface area (Å²) in [6.45, 7) is 11.3. The van der Waals surface area contributed by atoms with Crippen molar-refractivity contribution in [2.45, 2.75) is 45.4 Å². The molecule has 2 aromatic rings. The molecule has 0 unspecified atom stereocenters. The second kappa shape index (κ2) is 10.00. The van der Waals surface area contributed by atoms with Crippen LogP contribution in [-0.4, -0.2) is 0 Å². The van der Waals surface area contributed by atoms with Crippen molar-refractivity contribution >= 4 is 6.08 Å². The fourth-order valence-corrected chi connectivity index (χ4v) is 4.03. The maximum Gasteiger partial charge on any atom is 0.166 e. The number of hydrogen-bond donors (Lipinski definition) is 0. The molecule has 0 nitrogen and oxygen atoms in total. The van der Waals surface area contributed by atoms with Crippen molar-refractivity contribution in [1.82, 2.24) is 0 Å². The van der Waals surface area contributed by atoms with Crippen LogP contribution in [0.2, 0.25) is 0 Å². The molecule has 0 aliphatic heterocycles. The smallest absolute Gasteiger partial charge is 0.166 e. The Kier molecular flexibility index (Phi) is 7.37. The number of hydrogen-bond acceptors (Lipinski definition) is 0. The first kappa shape index (κ1) is 22.9. The van der Waals surface area contributed by atoms with Gasteiger partial charge in [0.25, 0.3) is 0 Å². The van der Waals surface area contributed by atoms with Gasteiger partial charge in [0, 0.05) is 11.1 Å². The summed E-state index contributed by atoms with van der Waals surface area (Å²) in [5.41, 5.74) is 3.01. The van der Waals surface area contributed by atoms with E-state index in [2.05, 4.69) is 20.1 Å². The predicted octanol–water partition coefficient (Wildman–Crippen LogP) is 8.92. The number of halogens is 3. The molecule has 0 spiro atoms. The summed E-state index contributed by atoms with van der Waals surface area (Å²) in [7, 11) is 0. The third kappa shape index (κ3) is 5.66. The average Bonchev–Trinajstić information content (AvgIpc) is 2.74. The molecule has 3 rings (SSSR count). The van der Waals surface area contributed by atoms with E-state index >= 15 is 0 Å². The molecule has 0 amide bonds. The molecule has 31 heavy (non-hydrogen) atoms. The topological polar surface area (TPSA) is 0 Å². The van der Waals surface area contributed by atoms with Gasteiger partial charge in [-0.25, -0.2) is 13.2 Å². The molecule has 0 aromatic heterocycles. The van der Waals surface area contributed by atoms with Crippen LogP contribution >= 0.6 is 0 Å². The van der Waals surface area contributed by atoms with E-state index in [1.807, 2.05) is 0 Å². The monoisotopic (exact) mass is 422 g/mol. The van der Waals surface area contributed by atoms with Gasteiger partial charge in [0.15, 0.2) is 11.6 Å². The van der Waals surface area contributed by atoms with Gasteiger partial charge in [0.05, 0.1) is 0 Å². The van der Waals surface area contributed by atoms with Gasteiger partial charge in [0.1, 0.15) is 5.83 Å². The number of allylic oxidation sites excluding steroid dienone is 5. The highest BCUT2D eigenvalue weighted by atomic mass is 19.2. The fraction of sp³-hybridized carbons (Fsp3) is 0.286. The molecule has 162 valence electrons. The summed E-state index contributed by atoms with van der Waals surface area (Å²) in [4.78, 5) is 0. The highest BCUT2D eigenvalue weighted by Gasteiger charge is 2.25. The van der Waals surface area contributed by atoms with Crippen molar-refractivity contribution < 1.29 is 13.2 Å². The summed E-state index contributed by atoms with van der Waals surface area (Å²) in [5, 5.41) is 0. The Bertz CT molecular complexity index is 1020. The zero-order valence-electron chi connectivity index (χ0n) is 18.2. The summed E-state index contributed by atoms with van der Waals surface area (Å²) < 4.78 is 43.6. The minimum absolute atomic E-state index is 0.0969. The Morgan fingerprint density at radius 2 is 1.58 bits per heavy atom. The first-order valence-corrected chi connectivity index (χ1v) is 10.7. The lowest BCUT2D eigenvalue weighted by Gasteiger charge is -2.27. The minimum atomic E-state index is -0.792. The molecule has 0 radical (unpaired) electrons. The minimum Gasteiger partial charge on any atom is -0.206 e. The predicted molar refractivity (Wildman–Crippen MR) is 124 cm³/mol.